The third-order valence-corrected chi connectivity index (χ3v) is 3.71. The fourth-order valence-corrected chi connectivity index (χ4v) is 2.63. The van der Waals surface area contributed by atoms with Gasteiger partial charge in [-0.05, 0) is 25.0 Å². The van der Waals surface area contributed by atoms with Crippen molar-refractivity contribution in [1.29, 1.82) is 0 Å². The van der Waals surface area contributed by atoms with Crippen LogP contribution >= 0.6 is 15.9 Å². The van der Waals surface area contributed by atoms with E-state index in [-0.39, 0.29) is 16.4 Å². The lowest BCUT2D eigenvalue weighted by molar-refractivity contribution is -0.137. The van der Waals surface area contributed by atoms with E-state index in [9.17, 15) is 18.0 Å². The van der Waals surface area contributed by atoms with Crippen molar-refractivity contribution >= 4 is 21.8 Å². The molecule has 1 amide bonds. The first-order chi connectivity index (χ1) is 8.88. The Morgan fingerprint density at radius 3 is 2.68 bits per heavy atom. The molecule has 1 aliphatic rings. The number of nitrogens with zero attached hydrogens (tertiary/aromatic N) is 2. The van der Waals surface area contributed by atoms with Gasteiger partial charge in [-0.2, -0.15) is 13.2 Å². The number of hydrogen-bond donors (Lipinski definition) is 0. The van der Waals surface area contributed by atoms with Crippen molar-refractivity contribution in [1.82, 2.24) is 9.88 Å². The summed E-state index contributed by atoms with van der Waals surface area (Å²) in [5, 5.41) is 0. The normalized spacial score (nSPS) is 20.4. The van der Waals surface area contributed by atoms with Gasteiger partial charge in [0, 0.05) is 24.1 Å². The highest BCUT2D eigenvalue weighted by Crippen LogP contribution is 2.28. The van der Waals surface area contributed by atoms with Crippen LogP contribution in [0.2, 0.25) is 0 Å². The summed E-state index contributed by atoms with van der Waals surface area (Å²) in [6.45, 7) is 1.17. The van der Waals surface area contributed by atoms with E-state index in [1.165, 1.54) is 0 Å². The van der Waals surface area contributed by atoms with Crippen LogP contribution in [-0.2, 0) is 6.18 Å². The van der Waals surface area contributed by atoms with Crippen molar-refractivity contribution in [2.24, 2.45) is 0 Å². The van der Waals surface area contributed by atoms with Gasteiger partial charge in [0.1, 0.15) is 5.69 Å². The third-order valence-electron chi connectivity index (χ3n) is 2.96. The van der Waals surface area contributed by atoms with E-state index >= 15 is 0 Å². The number of piperidine rings is 1. The second-order valence-corrected chi connectivity index (χ2v) is 5.72. The molecule has 1 aromatic rings. The summed E-state index contributed by atoms with van der Waals surface area (Å²) in [6.07, 6.45) is -1.87. The topological polar surface area (TPSA) is 33.2 Å². The number of hydrogen-bond acceptors (Lipinski definition) is 2. The molecule has 1 unspecified atom stereocenters. The number of aromatic nitrogens is 1. The minimum absolute atomic E-state index is 0.0506. The molecular formula is C12H12BrF3N2O. The number of alkyl halides is 4. The molecule has 0 saturated carbocycles. The second kappa shape index (κ2) is 5.48. The van der Waals surface area contributed by atoms with Gasteiger partial charge < -0.3 is 4.90 Å². The lowest BCUT2D eigenvalue weighted by atomic mass is 10.1. The van der Waals surface area contributed by atoms with Gasteiger partial charge >= 0.3 is 6.18 Å². The van der Waals surface area contributed by atoms with Gasteiger partial charge in [0.15, 0.2) is 0 Å². The molecule has 1 saturated heterocycles. The molecule has 0 radical (unpaired) electrons. The maximum atomic E-state index is 12.4. The van der Waals surface area contributed by atoms with Crippen molar-refractivity contribution in [3.8, 4) is 0 Å². The molecule has 0 aromatic carbocycles. The van der Waals surface area contributed by atoms with Crippen LogP contribution in [0.1, 0.15) is 28.9 Å². The molecule has 19 heavy (non-hydrogen) atoms. The Hall–Kier alpha value is -1.11. The average Bonchev–Trinajstić information content (AvgIpc) is 2.37. The lowest BCUT2D eigenvalue weighted by Crippen LogP contribution is -2.40. The summed E-state index contributed by atoms with van der Waals surface area (Å²) in [5.74, 6) is -0.321. The molecule has 0 N–H and O–H groups in total. The quantitative estimate of drug-likeness (QED) is 0.738. The first kappa shape index (κ1) is 14.3. The Morgan fingerprint density at radius 2 is 2.16 bits per heavy atom. The van der Waals surface area contributed by atoms with Gasteiger partial charge in [-0.25, -0.2) is 0 Å². The predicted molar refractivity (Wildman–Crippen MR) is 67.1 cm³/mol. The largest absolute Gasteiger partial charge is 0.417 e. The summed E-state index contributed by atoms with van der Waals surface area (Å²) >= 11 is 3.44. The Labute approximate surface area is 116 Å². The van der Waals surface area contributed by atoms with Crippen molar-refractivity contribution in [2.75, 3.05) is 13.1 Å². The fourth-order valence-electron chi connectivity index (χ4n) is 1.96. The van der Waals surface area contributed by atoms with E-state index in [0.717, 1.165) is 25.0 Å². The van der Waals surface area contributed by atoms with Crippen LogP contribution < -0.4 is 0 Å². The van der Waals surface area contributed by atoms with Crippen molar-refractivity contribution in [3.05, 3.63) is 29.6 Å². The first-order valence-electron chi connectivity index (χ1n) is 5.84. The first-order valence-corrected chi connectivity index (χ1v) is 6.76. The van der Waals surface area contributed by atoms with Crippen LogP contribution in [0.4, 0.5) is 13.2 Å². The summed E-state index contributed by atoms with van der Waals surface area (Å²) in [6, 6.07) is 2.01. The smallest absolute Gasteiger partial charge is 0.336 e. The molecule has 0 bridgehead atoms. The number of amides is 1. The van der Waals surface area contributed by atoms with E-state index in [4.69, 9.17) is 0 Å². The third kappa shape index (κ3) is 3.46. The zero-order valence-corrected chi connectivity index (χ0v) is 11.5. The van der Waals surface area contributed by atoms with Gasteiger partial charge in [-0.1, -0.05) is 15.9 Å². The fraction of sp³-hybridized carbons (Fsp3) is 0.500. The molecule has 0 spiro atoms. The molecule has 1 aromatic heterocycles. The van der Waals surface area contributed by atoms with Gasteiger partial charge in [0.05, 0.1) is 5.56 Å². The second-order valence-electron chi connectivity index (χ2n) is 4.42. The molecule has 1 fully saturated rings. The number of pyridine rings is 1. The summed E-state index contributed by atoms with van der Waals surface area (Å²) in [5.41, 5.74) is -0.796. The Bertz CT molecular complexity index is 461. The monoisotopic (exact) mass is 336 g/mol. The zero-order chi connectivity index (χ0) is 14.0. The lowest BCUT2D eigenvalue weighted by Gasteiger charge is -2.29. The molecule has 2 heterocycles. The Balaban J connectivity index is 2.11. The van der Waals surface area contributed by atoms with Crippen molar-refractivity contribution < 1.29 is 18.0 Å². The average molecular weight is 337 g/mol. The van der Waals surface area contributed by atoms with E-state index < -0.39 is 11.7 Å². The molecular weight excluding hydrogens is 325 g/mol. The van der Waals surface area contributed by atoms with Crippen LogP contribution in [0.3, 0.4) is 0 Å². The molecule has 1 aliphatic heterocycles. The maximum absolute atomic E-state index is 12.4. The van der Waals surface area contributed by atoms with Gasteiger partial charge in [0.2, 0.25) is 0 Å². The van der Waals surface area contributed by atoms with Gasteiger partial charge in [-0.15, -0.1) is 0 Å². The molecule has 2 rings (SSSR count). The van der Waals surface area contributed by atoms with Crippen LogP contribution in [0.5, 0.6) is 0 Å². The number of rotatable bonds is 1. The van der Waals surface area contributed by atoms with Crippen LogP contribution in [0.25, 0.3) is 0 Å². The summed E-state index contributed by atoms with van der Waals surface area (Å²) in [7, 11) is 0. The molecule has 3 nitrogen and oxygen atoms in total. The Kier molecular flexibility index (Phi) is 4.13. The highest BCUT2D eigenvalue weighted by atomic mass is 79.9. The van der Waals surface area contributed by atoms with Crippen molar-refractivity contribution in [2.45, 2.75) is 23.8 Å². The molecule has 0 aliphatic carbocycles. The SMILES string of the molecule is O=C(c1ccc(C(F)(F)F)cn1)N1CCCC(Br)C1. The minimum atomic E-state index is -4.43. The highest BCUT2D eigenvalue weighted by molar-refractivity contribution is 9.09. The predicted octanol–water partition coefficient (Wildman–Crippen LogP) is 3.10. The number of carbonyl (C=O) groups is 1. The van der Waals surface area contributed by atoms with Crippen molar-refractivity contribution in [3.63, 3.8) is 0 Å². The summed E-state index contributed by atoms with van der Waals surface area (Å²) in [4.78, 5) is 17.5. The van der Waals surface area contributed by atoms with E-state index in [1.54, 1.807) is 4.90 Å². The molecule has 104 valence electrons. The minimum Gasteiger partial charge on any atom is -0.336 e. The standard InChI is InChI=1S/C12H12BrF3N2O/c13-9-2-1-5-18(7-9)11(19)10-4-3-8(6-17-10)12(14,15)16/h3-4,6,9H,1-2,5,7H2. The van der Waals surface area contributed by atoms with Crippen LogP contribution in [0.15, 0.2) is 18.3 Å². The summed E-state index contributed by atoms with van der Waals surface area (Å²) < 4.78 is 37.2. The van der Waals surface area contributed by atoms with E-state index in [2.05, 4.69) is 20.9 Å². The maximum Gasteiger partial charge on any atom is 0.417 e. The zero-order valence-electron chi connectivity index (χ0n) is 9.95. The van der Waals surface area contributed by atoms with Crippen LogP contribution in [-0.4, -0.2) is 33.7 Å². The Morgan fingerprint density at radius 1 is 1.42 bits per heavy atom. The molecule has 7 heteroatoms. The number of likely N-dealkylation sites (tertiary alicyclic amines) is 1. The number of halogens is 4. The van der Waals surface area contributed by atoms with Gasteiger partial charge in [-0.3, -0.25) is 9.78 Å². The van der Waals surface area contributed by atoms with Crippen LogP contribution in [0, 0.1) is 0 Å². The van der Waals surface area contributed by atoms with E-state index in [1.807, 2.05) is 0 Å². The molecule has 1 atom stereocenters. The van der Waals surface area contributed by atoms with E-state index in [0.29, 0.717) is 19.3 Å². The van der Waals surface area contributed by atoms with Gasteiger partial charge in [0.25, 0.3) is 5.91 Å². The highest BCUT2D eigenvalue weighted by Gasteiger charge is 2.31. The number of carbonyl (C=O) groups excluding carboxylic acids is 1.